The third-order valence-corrected chi connectivity index (χ3v) is 6.98. The topological polar surface area (TPSA) is 292 Å². The molecule has 6 atom stereocenters. The maximum absolute atomic E-state index is 12.6. The number of phosphoric ester groups is 4. The molecule has 0 aromatic rings. The van der Waals surface area contributed by atoms with Gasteiger partial charge in [-0.3, -0.25) is 18.3 Å². The van der Waals surface area contributed by atoms with E-state index < -0.39 is 95.2 Å². The van der Waals surface area contributed by atoms with Crippen molar-refractivity contribution in [1.82, 2.24) is 16.2 Å². The van der Waals surface area contributed by atoms with Crippen molar-refractivity contribution in [1.29, 1.82) is 0 Å². The zero-order valence-corrected chi connectivity index (χ0v) is 24.0. The highest BCUT2D eigenvalue weighted by Gasteiger charge is 2.22. The average molecular weight is 641 g/mol. The Morgan fingerprint density at radius 3 is 1.11 bits per heavy atom. The molecule has 0 aromatic heterocycles. The normalized spacial score (nSPS) is 21.0. The molecule has 0 amide bonds. The highest BCUT2D eigenvalue weighted by atomic mass is 31.2. The van der Waals surface area contributed by atoms with Gasteiger partial charge in [-0.1, -0.05) is 0 Å². The predicted molar refractivity (Wildman–Crippen MR) is 118 cm³/mol. The molecule has 230 valence electrons. The molecule has 0 rings (SSSR count). The minimum Gasteiger partial charge on any atom is -0.756 e. The summed E-state index contributed by atoms with van der Waals surface area (Å²) in [5.74, 6) is -2.91. The Bertz CT molecular complexity index is 782. The van der Waals surface area contributed by atoms with Crippen molar-refractivity contribution in [2.24, 2.45) is 17.8 Å². The maximum atomic E-state index is 12.6. The minimum atomic E-state index is -5.06. The molecule has 38 heavy (non-hydrogen) atoms. The molecule has 0 heterocycles. The van der Waals surface area contributed by atoms with Crippen LogP contribution in [0.5, 0.6) is 0 Å². The Balaban J connectivity index is 4.80. The first-order chi connectivity index (χ1) is 17.4. The van der Waals surface area contributed by atoms with Crippen LogP contribution in [0.3, 0.4) is 0 Å². The van der Waals surface area contributed by atoms with E-state index in [4.69, 9.17) is 9.79 Å². The second kappa shape index (κ2) is 18.6. The van der Waals surface area contributed by atoms with Crippen molar-refractivity contribution in [3.8, 4) is 0 Å². The Morgan fingerprint density at radius 2 is 0.868 bits per heavy atom. The van der Waals surface area contributed by atoms with E-state index in [0.717, 1.165) is 0 Å². The van der Waals surface area contributed by atoms with Gasteiger partial charge in [0.25, 0.3) is 31.3 Å². The lowest BCUT2D eigenvalue weighted by Crippen LogP contribution is -2.30. The van der Waals surface area contributed by atoms with Crippen LogP contribution in [-0.4, -0.2) is 83.2 Å². The fraction of sp³-hybridized carbons (Fsp3) is 1.00. The monoisotopic (exact) mass is 641 g/mol. The van der Waals surface area contributed by atoms with Gasteiger partial charge >= 0.3 is 0 Å². The van der Waals surface area contributed by atoms with Gasteiger partial charge in [-0.25, -0.2) is 0 Å². The van der Waals surface area contributed by atoms with E-state index in [1.807, 2.05) is 0 Å². The number of hydrogen-bond acceptors (Lipinski definition) is 17. The number of nitrogens with one attached hydrogen (secondary N) is 3. The number of rotatable bonds is 24. The van der Waals surface area contributed by atoms with Crippen LogP contribution < -0.4 is 35.7 Å². The van der Waals surface area contributed by atoms with Crippen molar-refractivity contribution in [3.63, 3.8) is 0 Å². The summed E-state index contributed by atoms with van der Waals surface area (Å²) in [6.07, 6.45) is 0. The molecular formula is C14H32FN3O16P4-4. The second-order valence-electron chi connectivity index (χ2n) is 7.66. The third kappa shape index (κ3) is 22.0. The summed E-state index contributed by atoms with van der Waals surface area (Å²) >= 11 is 0. The Labute approximate surface area is 218 Å². The molecule has 0 spiro atoms. The average Bonchev–Trinajstić information content (AvgIpc) is 2.78. The van der Waals surface area contributed by atoms with E-state index in [1.165, 1.54) is 19.6 Å². The molecule has 5 N–H and O–H groups in total. The largest absolute Gasteiger partial charge is 0.756 e. The van der Waals surface area contributed by atoms with Crippen LogP contribution in [0.1, 0.15) is 0 Å². The van der Waals surface area contributed by atoms with Crippen LogP contribution in [0.4, 0.5) is 4.48 Å². The first kappa shape index (κ1) is 38.2. The fourth-order valence-electron chi connectivity index (χ4n) is 2.44. The zero-order valence-electron chi connectivity index (χ0n) is 20.4. The summed E-state index contributed by atoms with van der Waals surface area (Å²) in [4.78, 5) is 62.7. The molecule has 0 fully saturated rings. The van der Waals surface area contributed by atoms with Gasteiger partial charge in [0.1, 0.15) is 0 Å². The van der Waals surface area contributed by atoms with E-state index in [1.54, 1.807) is 0 Å². The van der Waals surface area contributed by atoms with Crippen molar-refractivity contribution in [3.05, 3.63) is 0 Å². The molecule has 0 aliphatic heterocycles. The van der Waals surface area contributed by atoms with Crippen LogP contribution in [0.25, 0.3) is 0 Å². The fourth-order valence-corrected chi connectivity index (χ4v) is 4.97. The lowest BCUT2D eigenvalue weighted by atomic mass is 10.2. The molecule has 0 saturated heterocycles. The van der Waals surface area contributed by atoms with Gasteiger partial charge < -0.3 is 67.1 Å². The summed E-state index contributed by atoms with van der Waals surface area (Å²) in [5, 5.41) is 5.26. The number of halogens is 1. The van der Waals surface area contributed by atoms with Crippen LogP contribution in [0, 0.1) is 17.8 Å². The highest BCUT2D eigenvalue weighted by molar-refractivity contribution is 7.46. The van der Waals surface area contributed by atoms with Gasteiger partial charge in [0.15, 0.2) is 0 Å². The van der Waals surface area contributed by atoms with Gasteiger partial charge in [0.2, 0.25) is 0 Å². The molecule has 24 heteroatoms. The molecule has 0 aliphatic rings. The Morgan fingerprint density at radius 1 is 0.605 bits per heavy atom. The van der Waals surface area contributed by atoms with E-state index in [9.17, 15) is 42.3 Å². The van der Waals surface area contributed by atoms with E-state index >= 15 is 0 Å². The van der Waals surface area contributed by atoms with E-state index in [-0.39, 0.29) is 13.1 Å². The van der Waals surface area contributed by atoms with Crippen molar-refractivity contribution in [2.45, 2.75) is 0 Å². The van der Waals surface area contributed by atoms with Gasteiger partial charge in [-0.2, -0.15) is 5.54 Å². The third-order valence-electron chi connectivity index (χ3n) is 4.17. The lowest BCUT2D eigenvalue weighted by Gasteiger charge is -2.29. The quantitative estimate of drug-likeness (QED) is 0.0509. The molecule has 0 saturated carbocycles. The van der Waals surface area contributed by atoms with Crippen molar-refractivity contribution >= 4 is 31.3 Å². The summed E-state index contributed by atoms with van der Waals surface area (Å²) < 4.78 is 84.9. The van der Waals surface area contributed by atoms with Gasteiger partial charge in [0, 0.05) is 37.4 Å². The molecule has 0 aliphatic carbocycles. The summed E-state index contributed by atoms with van der Waals surface area (Å²) in [5.41, 5.74) is 1.20. The van der Waals surface area contributed by atoms with Crippen molar-refractivity contribution in [2.75, 3.05) is 73.4 Å². The Kier molecular flexibility index (Phi) is 18.8. The Hall–Kier alpha value is 0.250. The minimum absolute atomic E-state index is 0.0263. The number of phosphoric acid groups is 4. The lowest BCUT2D eigenvalue weighted by molar-refractivity contribution is -0.230. The van der Waals surface area contributed by atoms with Gasteiger partial charge in [-0.05, 0) is 14.1 Å². The smallest absolute Gasteiger partial charge is 0.267 e. The molecular weight excluding hydrogens is 609 g/mol. The van der Waals surface area contributed by atoms with Crippen LogP contribution in [0.2, 0.25) is 0 Å². The maximum Gasteiger partial charge on any atom is 0.267 e. The molecule has 0 aromatic carbocycles. The standard InChI is InChI=1S/C14H36FN3O16P4/c1-16-3-12(6-29-35(19,20)21)8-31-37(25,26)33-10-14(5-18-15)11-34-38(27,28)32-9-13(4-17-2)7-30-36(22,23)24/h12-14,16-18H,3-11H2,1-2H3,(H,25,26)(H,27,28)(H2,19,20,21)(H2,22,23,24)/p-4. The van der Waals surface area contributed by atoms with Crippen LogP contribution >= 0.6 is 31.3 Å². The van der Waals surface area contributed by atoms with E-state index in [2.05, 4.69) is 37.8 Å². The predicted octanol–water partition coefficient (Wildman–Crippen LogP) is -3.29. The number of hydrogen-bond donors (Lipinski definition) is 5. The van der Waals surface area contributed by atoms with Crippen LogP contribution in [-0.2, 0) is 45.4 Å². The van der Waals surface area contributed by atoms with Crippen molar-refractivity contribution < 1.29 is 79.2 Å². The zero-order chi connectivity index (χ0) is 29.5. The summed E-state index contributed by atoms with van der Waals surface area (Å²) in [6.45, 7) is -4.64. The SMILES string of the molecule is CNCC(COP(=O)([O-])O)COP(=O)([O-])OCC(CNF)COP(=O)([O-])OCC(CNC)COP(=O)([O-])O. The molecule has 19 nitrogen and oxygen atoms in total. The summed E-state index contributed by atoms with van der Waals surface area (Å²) in [6, 6.07) is 0. The molecule has 0 bridgehead atoms. The van der Waals surface area contributed by atoms with Crippen LogP contribution in [0.15, 0.2) is 0 Å². The van der Waals surface area contributed by atoms with Gasteiger partial charge in [-0.15, -0.1) is 4.48 Å². The van der Waals surface area contributed by atoms with E-state index in [0.29, 0.717) is 0 Å². The van der Waals surface area contributed by atoms with Gasteiger partial charge in [0.05, 0.1) is 39.6 Å². The second-order valence-corrected chi connectivity index (χ2v) is 12.9. The molecule has 0 radical (unpaired) electrons. The molecule has 6 unspecified atom stereocenters. The summed E-state index contributed by atoms with van der Waals surface area (Å²) in [7, 11) is -17.3. The first-order valence-electron chi connectivity index (χ1n) is 10.6. The first-order valence-corrected chi connectivity index (χ1v) is 16.5. The highest BCUT2D eigenvalue weighted by Crippen LogP contribution is 2.42.